The first-order chi connectivity index (χ1) is 13.8. The van der Waals surface area contributed by atoms with E-state index in [2.05, 4.69) is 26.2 Å². The van der Waals surface area contributed by atoms with Crippen LogP contribution >= 0.6 is 27.5 Å². The molecule has 5 nitrogen and oxygen atoms in total. The second-order valence-electron chi connectivity index (χ2n) is 6.56. The molecule has 8 heteroatoms. The molecule has 2 aromatic carbocycles. The number of aromatic nitrogens is 1. The maximum atomic E-state index is 16.3. The highest BCUT2D eigenvalue weighted by atomic mass is 79.9. The Balaban J connectivity index is 1.86. The van der Waals surface area contributed by atoms with Gasteiger partial charge in [0, 0.05) is 32.4 Å². The maximum Gasteiger partial charge on any atom is 0.232 e. The number of pyridine rings is 1. The largest absolute Gasteiger partial charge is 0.365 e. The fourth-order valence-electron chi connectivity index (χ4n) is 3.37. The summed E-state index contributed by atoms with van der Waals surface area (Å²) in [5.74, 6) is -3.18. The standard InChI is InChI=1S/C21H12BrClFN3O2/c22-14-4-7-16-17(9-14)20(24,13-2-5-15(23)6-3-13)27-21(16,29)19(28)18-8-1-12(10-25)11-26-18/h1-9,11,27,29H. The molecule has 2 atom stereocenters. The smallest absolute Gasteiger partial charge is 0.232 e. The number of alkyl halides is 1. The van der Waals surface area contributed by atoms with Gasteiger partial charge in [-0.1, -0.05) is 45.7 Å². The number of nitriles is 1. The van der Waals surface area contributed by atoms with Gasteiger partial charge in [0.05, 0.1) is 5.56 Å². The summed E-state index contributed by atoms with van der Waals surface area (Å²) in [5.41, 5.74) is -1.84. The number of carbonyl (C=O) groups excluding carboxylic acids is 1. The number of ketones is 1. The maximum absolute atomic E-state index is 16.3. The zero-order valence-electron chi connectivity index (χ0n) is 14.7. The van der Waals surface area contributed by atoms with Gasteiger partial charge in [-0.25, -0.2) is 9.71 Å². The fourth-order valence-corrected chi connectivity index (χ4v) is 3.85. The van der Waals surface area contributed by atoms with E-state index in [1.165, 1.54) is 54.7 Å². The lowest BCUT2D eigenvalue weighted by Gasteiger charge is -2.27. The molecule has 2 N–H and O–H groups in total. The monoisotopic (exact) mass is 471 g/mol. The van der Waals surface area contributed by atoms with Gasteiger partial charge in [0.25, 0.3) is 0 Å². The van der Waals surface area contributed by atoms with Crippen LogP contribution in [0.1, 0.15) is 32.7 Å². The Bertz CT molecular complexity index is 1160. The molecule has 144 valence electrons. The van der Waals surface area contributed by atoms with Gasteiger partial charge in [0.15, 0.2) is 0 Å². The molecule has 1 aliphatic heterocycles. The molecular formula is C21H12BrClFN3O2. The normalized spacial score (nSPS) is 22.7. The zero-order valence-corrected chi connectivity index (χ0v) is 17.0. The second-order valence-corrected chi connectivity index (χ2v) is 7.92. The van der Waals surface area contributed by atoms with Crippen LogP contribution in [0.25, 0.3) is 0 Å². The number of Topliss-reactive ketones (excluding diaryl/α,β-unsaturated/α-hetero) is 1. The molecule has 0 aliphatic carbocycles. The van der Waals surface area contributed by atoms with Crippen molar-refractivity contribution < 1.29 is 14.3 Å². The highest BCUT2D eigenvalue weighted by molar-refractivity contribution is 9.10. The molecule has 2 unspecified atom stereocenters. The number of rotatable bonds is 3. The van der Waals surface area contributed by atoms with Crippen LogP contribution in [0.5, 0.6) is 0 Å². The number of carbonyl (C=O) groups is 1. The minimum absolute atomic E-state index is 0.0781. The molecule has 1 aliphatic rings. The van der Waals surface area contributed by atoms with Crippen LogP contribution in [-0.2, 0) is 11.5 Å². The van der Waals surface area contributed by atoms with Crippen molar-refractivity contribution in [1.29, 1.82) is 5.26 Å². The third kappa shape index (κ3) is 3.15. The SMILES string of the molecule is N#Cc1ccc(C(=O)C2(O)NC(F)(c3ccc(Cl)cc3)c3cc(Br)ccc32)nc1. The number of benzene rings is 2. The first-order valence-corrected chi connectivity index (χ1v) is 9.63. The van der Waals surface area contributed by atoms with Crippen LogP contribution in [0.2, 0.25) is 5.02 Å². The average Bonchev–Trinajstić information content (AvgIpc) is 2.96. The summed E-state index contributed by atoms with van der Waals surface area (Å²) in [6, 6.07) is 15.2. The van der Waals surface area contributed by atoms with Gasteiger partial charge in [-0.05, 0) is 36.4 Å². The van der Waals surface area contributed by atoms with Crippen LogP contribution < -0.4 is 5.32 Å². The Kier molecular flexibility index (Phi) is 4.75. The van der Waals surface area contributed by atoms with Gasteiger partial charge in [-0.15, -0.1) is 0 Å². The van der Waals surface area contributed by atoms with Crippen LogP contribution in [-0.4, -0.2) is 15.9 Å². The van der Waals surface area contributed by atoms with Crippen molar-refractivity contribution >= 4 is 33.3 Å². The van der Waals surface area contributed by atoms with E-state index in [0.717, 1.165) is 0 Å². The van der Waals surface area contributed by atoms with Gasteiger partial charge in [0.1, 0.15) is 11.8 Å². The molecule has 0 fully saturated rings. The first-order valence-electron chi connectivity index (χ1n) is 8.46. The van der Waals surface area contributed by atoms with E-state index in [-0.39, 0.29) is 27.9 Å². The van der Waals surface area contributed by atoms with Crippen molar-refractivity contribution in [2.75, 3.05) is 0 Å². The van der Waals surface area contributed by atoms with Crippen LogP contribution in [0, 0.1) is 11.3 Å². The van der Waals surface area contributed by atoms with Crippen molar-refractivity contribution in [3.63, 3.8) is 0 Å². The lowest BCUT2D eigenvalue weighted by Crippen LogP contribution is -2.51. The van der Waals surface area contributed by atoms with E-state index in [1.54, 1.807) is 6.07 Å². The Morgan fingerprint density at radius 1 is 1.17 bits per heavy atom. The third-order valence-electron chi connectivity index (χ3n) is 4.79. The molecule has 3 aromatic rings. The summed E-state index contributed by atoms with van der Waals surface area (Å²) < 4.78 is 16.9. The number of aliphatic hydroxyl groups is 1. The molecule has 0 saturated heterocycles. The van der Waals surface area contributed by atoms with Gasteiger partial charge in [-0.2, -0.15) is 5.26 Å². The Hall–Kier alpha value is -2.63. The van der Waals surface area contributed by atoms with Gasteiger partial charge in [-0.3, -0.25) is 9.78 Å². The zero-order chi connectivity index (χ0) is 20.8. The third-order valence-corrected chi connectivity index (χ3v) is 5.54. The molecular weight excluding hydrogens is 461 g/mol. The molecule has 0 radical (unpaired) electrons. The number of halogens is 3. The van der Waals surface area contributed by atoms with E-state index in [4.69, 9.17) is 16.9 Å². The number of hydrogen-bond donors (Lipinski definition) is 2. The molecule has 0 saturated carbocycles. The highest BCUT2D eigenvalue weighted by Crippen LogP contribution is 2.47. The minimum Gasteiger partial charge on any atom is -0.365 e. The number of nitrogens with zero attached hydrogens (tertiary/aromatic N) is 2. The summed E-state index contributed by atoms with van der Waals surface area (Å²) in [5, 5.41) is 23.1. The van der Waals surface area contributed by atoms with Gasteiger partial charge in [0.2, 0.25) is 17.3 Å². The Morgan fingerprint density at radius 2 is 1.90 bits per heavy atom. The predicted molar refractivity (Wildman–Crippen MR) is 108 cm³/mol. The molecule has 2 heterocycles. The summed E-state index contributed by atoms with van der Waals surface area (Å²) in [6.07, 6.45) is 1.22. The molecule has 1 aromatic heterocycles. The van der Waals surface area contributed by atoms with Crippen molar-refractivity contribution in [3.05, 3.63) is 98.2 Å². The quantitative estimate of drug-likeness (QED) is 0.441. The van der Waals surface area contributed by atoms with Crippen molar-refractivity contribution in [1.82, 2.24) is 10.3 Å². The van der Waals surface area contributed by atoms with E-state index in [9.17, 15) is 9.90 Å². The highest BCUT2D eigenvalue weighted by Gasteiger charge is 2.57. The van der Waals surface area contributed by atoms with Crippen molar-refractivity contribution in [2.24, 2.45) is 0 Å². The summed E-state index contributed by atoms with van der Waals surface area (Å²) in [7, 11) is 0. The van der Waals surface area contributed by atoms with E-state index >= 15 is 4.39 Å². The lowest BCUT2D eigenvalue weighted by molar-refractivity contribution is -0.0156. The summed E-state index contributed by atoms with van der Waals surface area (Å²) in [4.78, 5) is 17.1. The van der Waals surface area contributed by atoms with Gasteiger partial charge < -0.3 is 5.11 Å². The molecule has 0 amide bonds. The van der Waals surface area contributed by atoms with E-state index < -0.39 is 17.3 Å². The minimum atomic E-state index is -2.36. The molecule has 29 heavy (non-hydrogen) atoms. The van der Waals surface area contributed by atoms with E-state index in [0.29, 0.717) is 9.50 Å². The lowest BCUT2D eigenvalue weighted by atomic mass is 9.92. The molecule has 0 bridgehead atoms. The second kappa shape index (κ2) is 7.01. The number of nitrogens with one attached hydrogen (secondary N) is 1. The first kappa shape index (κ1) is 19.7. The molecule has 4 rings (SSSR count). The Labute approximate surface area is 178 Å². The summed E-state index contributed by atoms with van der Waals surface area (Å²) in [6.45, 7) is 0. The predicted octanol–water partition coefficient (Wildman–Crippen LogP) is 4.17. The topological polar surface area (TPSA) is 86.0 Å². The van der Waals surface area contributed by atoms with Crippen LogP contribution in [0.4, 0.5) is 4.39 Å². The average molecular weight is 473 g/mol. The molecule has 0 spiro atoms. The van der Waals surface area contributed by atoms with Crippen LogP contribution in [0.15, 0.2) is 65.3 Å². The summed E-state index contributed by atoms with van der Waals surface area (Å²) >= 11 is 9.23. The van der Waals surface area contributed by atoms with Crippen molar-refractivity contribution in [2.45, 2.75) is 11.5 Å². The fraction of sp³-hybridized carbons (Fsp3) is 0.0952. The van der Waals surface area contributed by atoms with E-state index in [1.807, 2.05) is 6.07 Å². The van der Waals surface area contributed by atoms with Gasteiger partial charge >= 0.3 is 0 Å². The number of hydrogen-bond acceptors (Lipinski definition) is 5. The van der Waals surface area contributed by atoms with Crippen LogP contribution in [0.3, 0.4) is 0 Å². The Morgan fingerprint density at radius 3 is 2.52 bits per heavy atom. The number of fused-ring (bicyclic) bond motifs is 1. The van der Waals surface area contributed by atoms with Crippen molar-refractivity contribution in [3.8, 4) is 6.07 Å².